The van der Waals surface area contributed by atoms with Crippen LogP contribution in [0.1, 0.15) is 17.3 Å². The highest BCUT2D eigenvalue weighted by Crippen LogP contribution is 2.18. The summed E-state index contributed by atoms with van der Waals surface area (Å²) in [6.45, 7) is 3.29. The van der Waals surface area contributed by atoms with Gasteiger partial charge in [0, 0.05) is 37.8 Å². The third-order valence-corrected chi connectivity index (χ3v) is 2.98. The van der Waals surface area contributed by atoms with Crippen molar-refractivity contribution in [1.82, 2.24) is 10.2 Å². The Hall–Kier alpha value is -1.56. The van der Waals surface area contributed by atoms with Crippen LogP contribution >= 0.6 is 0 Å². The zero-order valence-electron chi connectivity index (χ0n) is 9.84. The van der Waals surface area contributed by atoms with Crippen molar-refractivity contribution in [2.24, 2.45) is 0 Å². The van der Waals surface area contributed by atoms with E-state index in [-0.39, 0.29) is 6.04 Å². The van der Waals surface area contributed by atoms with Gasteiger partial charge >= 0.3 is 0 Å². The van der Waals surface area contributed by atoms with Crippen LogP contribution in [0.2, 0.25) is 0 Å². The van der Waals surface area contributed by atoms with Gasteiger partial charge in [-0.25, -0.2) is 13.2 Å². The largest absolute Gasteiger partial charge is 0.333 e. The summed E-state index contributed by atoms with van der Waals surface area (Å²) in [4.78, 5) is 13.4. The average Bonchev–Trinajstić information content (AvgIpc) is 2.27. The molecule has 1 N–H and O–H groups in total. The van der Waals surface area contributed by atoms with Crippen molar-refractivity contribution < 1.29 is 18.0 Å². The second-order valence-electron chi connectivity index (χ2n) is 4.30. The fourth-order valence-corrected chi connectivity index (χ4v) is 2.03. The Morgan fingerprint density at radius 1 is 1.33 bits per heavy atom. The molecule has 2 rings (SSSR count). The molecule has 1 saturated heterocycles. The van der Waals surface area contributed by atoms with E-state index >= 15 is 0 Å². The van der Waals surface area contributed by atoms with Crippen LogP contribution in [0.25, 0.3) is 0 Å². The Bertz CT molecular complexity index is 455. The van der Waals surface area contributed by atoms with Gasteiger partial charge in [0.2, 0.25) is 0 Å². The molecule has 1 amide bonds. The summed E-state index contributed by atoms with van der Waals surface area (Å²) >= 11 is 0. The Labute approximate surface area is 103 Å². The first-order valence-electron chi connectivity index (χ1n) is 5.67. The molecule has 1 heterocycles. The van der Waals surface area contributed by atoms with Crippen LogP contribution in [0.5, 0.6) is 0 Å². The number of benzene rings is 1. The van der Waals surface area contributed by atoms with Crippen molar-refractivity contribution in [3.8, 4) is 0 Å². The minimum Gasteiger partial charge on any atom is -0.333 e. The molecule has 0 saturated carbocycles. The second-order valence-corrected chi connectivity index (χ2v) is 4.30. The van der Waals surface area contributed by atoms with Crippen LogP contribution in [0.15, 0.2) is 12.1 Å². The SMILES string of the molecule is CC1CNCCN1C(=O)c1c(F)cc(F)cc1F. The smallest absolute Gasteiger partial charge is 0.260 e. The van der Waals surface area contributed by atoms with Gasteiger partial charge in [-0.1, -0.05) is 0 Å². The lowest BCUT2D eigenvalue weighted by molar-refractivity contribution is 0.0645. The lowest BCUT2D eigenvalue weighted by atomic mass is 10.1. The third-order valence-electron chi connectivity index (χ3n) is 2.98. The molecule has 0 aromatic heterocycles. The van der Waals surface area contributed by atoms with Gasteiger partial charge in [-0.2, -0.15) is 0 Å². The van der Waals surface area contributed by atoms with E-state index in [1.54, 1.807) is 6.92 Å². The molecule has 1 fully saturated rings. The lowest BCUT2D eigenvalue weighted by Crippen LogP contribution is -2.52. The number of halogens is 3. The molecule has 0 radical (unpaired) electrons. The van der Waals surface area contributed by atoms with Crippen LogP contribution < -0.4 is 5.32 Å². The van der Waals surface area contributed by atoms with Crippen molar-refractivity contribution in [1.29, 1.82) is 0 Å². The zero-order valence-corrected chi connectivity index (χ0v) is 9.84. The predicted octanol–water partition coefficient (Wildman–Crippen LogP) is 1.54. The van der Waals surface area contributed by atoms with Crippen molar-refractivity contribution >= 4 is 5.91 Å². The summed E-state index contributed by atoms with van der Waals surface area (Å²) in [6.07, 6.45) is 0. The minimum atomic E-state index is -1.16. The molecule has 1 unspecified atom stereocenters. The number of nitrogens with zero attached hydrogens (tertiary/aromatic N) is 1. The summed E-state index contributed by atoms with van der Waals surface area (Å²) in [5, 5.41) is 3.07. The molecule has 98 valence electrons. The van der Waals surface area contributed by atoms with Gasteiger partial charge in [0.15, 0.2) is 0 Å². The van der Waals surface area contributed by atoms with Gasteiger partial charge in [0.05, 0.1) is 0 Å². The average molecular weight is 258 g/mol. The molecule has 1 aliphatic rings. The first kappa shape index (κ1) is 12.9. The van der Waals surface area contributed by atoms with Crippen molar-refractivity contribution in [2.45, 2.75) is 13.0 Å². The molecule has 1 aliphatic heterocycles. The van der Waals surface area contributed by atoms with Gasteiger partial charge in [-0.05, 0) is 6.92 Å². The van der Waals surface area contributed by atoms with E-state index in [1.165, 1.54) is 4.90 Å². The highest BCUT2D eigenvalue weighted by Gasteiger charge is 2.28. The number of hydrogen-bond donors (Lipinski definition) is 1. The molecule has 0 bridgehead atoms. The van der Waals surface area contributed by atoms with E-state index < -0.39 is 28.9 Å². The van der Waals surface area contributed by atoms with Crippen LogP contribution in [-0.4, -0.2) is 36.5 Å². The fourth-order valence-electron chi connectivity index (χ4n) is 2.03. The zero-order chi connectivity index (χ0) is 13.3. The highest BCUT2D eigenvalue weighted by atomic mass is 19.1. The number of hydrogen-bond acceptors (Lipinski definition) is 2. The predicted molar refractivity (Wildman–Crippen MR) is 59.7 cm³/mol. The van der Waals surface area contributed by atoms with Gasteiger partial charge in [0.1, 0.15) is 23.0 Å². The second kappa shape index (κ2) is 4.97. The topological polar surface area (TPSA) is 32.3 Å². The highest BCUT2D eigenvalue weighted by molar-refractivity contribution is 5.95. The van der Waals surface area contributed by atoms with Gasteiger partial charge in [-0.3, -0.25) is 4.79 Å². The van der Waals surface area contributed by atoms with Crippen LogP contribution in [-0.2, 0) is 0 Å². The van der Waals surface area contributed by atoms with Crippen molar-refractivity contribution in [3.63, 3.8) is 0 Å². The molecule has 1 aromatic rings. The van der Waals surface area contributed by atoms with E-state index in [9.17, 15) is 18.0 Å². The van der Waals surface area contributed by atoms with Gasteiger partial charge in [-0.15, -0.1) is 0 Å². The lowest BCUT2D eigenvalue weighted by Gasteiger charge is -2.34. The molecule has 0 spiro atoms. The van der Waals surface area contributed by atoms with Crippen LogP contribution in [0.4, 0.5) is 13.2 Å². The molecule has 6 heteroatoms. The summed E-state index contributed by atoms with van der Waals surface area (Å²) in [5.41, 5.74) is -0.690. The molecule has 3 nitrogen and oxygen atoms in total. The maximum Gasteiger partial charge on any atom is 0.260 e. The Balaban J connectivity index is 2.33. The van der Waals surface area contributed by atoms with Gasteiger partial charge in [0.25, 0.3) is 5.91 Å². The van der Waals surface area contributed by atoms with Gasteiger partial charge < -0.3 is 10.2 Å². The summed E-state index contributed by atoms with van der Waals surface area (Å²) in [5.74, 6) is -4.10. The molecule has 0 aliphatic carbocycles. The van der Waals surface area contributed by atoms with E-state index in [0.29, 0.717) is 31.8 Å². The molecule has 1 aromatic carbocycles. The number of carbonyl (C=O) groups excluding carboxylic acids is 1. The third kappa shape index (κ3) is 2.33. The number of nitrogens with one attached hydrogen (secondary N) is 1. The van der Waals surface area contributed by atoms with E-state index in [4.69, 9.17) is 0 Å². The van der Waals surface area contributed by atoms with Crippen LogP contribution in [0.3, 0.4) is 0 Å². The number of amides is 1. The Morgan fingerprint density at radius 3 is 2.50 bits per heavy atom. The first-order valence-corrected chi connectivity index (χ1v) is 5.67. The molecule has 18 heavy (non-hydrogen) atoms. The number of piperazine rings is 1. The summed E-state index contributed by atoms with van der Waals surface area (Å²) in [7, 11) is 0. The maximum absolute atomic E-state index is 13.5. The maximum atomic E-state index is 13.5. The fraction of sp³-hybridized carbons (Fsp3) is 0.417. The molecular formula is C12H13F3N2O. The summed E-state index contributed by atoms with van der Waals surface area (Å²) in [6, 6.07) is 0.877. The Kier molecular flexibility index (Phi) is 3.56. The number of carbonyl (C=O) groups is 1. The quantitative estimate of drug-likeness (QED) is 0.828. The summed E-state index contributed by atoms with van der Waals surface area (Å²) < 4.78 is 39.8. The first-order chi connectivity index (χ1) is 8.50. The molecule has 1 atom stereocenters. The minimum absolute atomic E-state index is 0.157. The van der Waals surface area contributed by atoms with E-state index in [0.717, 1.165) is 0 Å². The van der Waals surface area contributed by atoms with E-state index in [1.807, 2.05) is 0 Å². The van der Waals surface area contributed by atoms with Crippen molar-refractivity contribution in [3.05, 3.63) is 35.1 Å². The van der Waals surface area contributed by atoms with Crippen molar-refractivity contribution in [2.75, 3.05) is 19.6 Å². The van der Waals surface area contributed by atoms with E-state index in [2.05, 4.69) is 5.32 Å². The Morgan fingerprint density at radius 2 is 1.94 bits per heavy atom. The van der Waals surface area contributed by atoms with Crippen LogP contribution in [0, 0.1) is 17.5 Å². The monoisotopic (exact) mass is 258 g/mol. The molecular weight excluding hydrogens is 245 g/mol. The number of rotatable bonds is 1. The standard InChI is InChI=1S/C12H13F3N2O/c1-7-6-16-2-3-17(7)12(18)11-9(14)4-8(13)5-10(11)15/h4-5,7,16H,2-3,6H2,1H3. The normalized spacial score (nSPS) is 20.0.